The summed E-state index contributed by atoms with van der Waals surface area (Å²) in [4.78, 5) is 20.5. The summed E-state index contributed by atoms with van der Waals surface area (Å²) in [5.74, 6) is 0.425. The molecule has 6 nitrogen and oxygen atoms in total. The van der Waals surface area contributed by atoms with Gasteiger partial charge in [-0.15, -0.1) is 0 Å². The average molecular weight is 366 g/mol. The summed E-state index contributed by atoms with van der Waals surface area (Å²) in [6, 6.07) is 13.7. The van der Waals surface area contributed by atoms with Gasteiger partial charge in [-0.1, -0.05) is 11.2 Å². The van der Waals surface area contributed by atoms with Gasteiger partial charge in [-0.25, -0.2) is 4.39 Å². The van der Waals surface area contributed by atoms with Crippen molar-refractivity contribution in [2.75, 3.05) is 30.4 Å². The van der Waals surface area contributed by atoms with Gasteiger partial charge in [-0.2, -0.15) is 4.98 Å². The van der Waals surface area contributed by atoms with Crippen molar-refractivity contribution >= 4 is 17.3 Å². The molecule has 0 saturated carbocycles. The maximum Gasteiger partial charge on any atom is 0.258 e. The number of hydrogen-bond acceptors (Lipinski definition) is 5. The van der Waals surface area contributed by atoms with Crippen LogP contribution in [0.25, 0.3) is 11.5 Å². The predicted molar refractivity (Wildman–Crippen MR) is 100 cm³/mol. The van der Waals surface area contributed by atoms with Crippen molar-refractivity contribution < 1.29 is 13.7 Å². The molecule has 0 aliphatic carbocycles. The Kier molecular flexibility index (Phi) is 4.35. The lowest BCUT2D eigenvalue weighted by atomic mass is 10.1. The lowest BCUT2D eigenvalue weighted by molar-refractivity contribution is -0.117. The highest BCUT2D eigenvalue weighted by Crippen LogP contribution is 2.32. The van der Waals surface area contributed by atoms with Crippen LogP contribution in [-0.2, 0) is 4.79 Å². The summed E-state index contributed by atoms with van der Waals surface area (Å²) >= 11 is 0. The Morgan fingerprint density at radius 2 is 1.96 bits per heavy atom. The van der Waals surface area contributed by atoms with Gasteiger partial charge >= 0.3 is 0 Å². The van der Waals surface area contributed by atoms with Crippen molar-refractivity contribution in [1.82, 2.24) is 10.1 Å². The molecule has 1 aliphatic rings. The first-order valence-electron chi connectivity index (χ1n) is 8.68. The van der Waals surface area contributed by atoms with Gasteiger partial charge in [0.25, 0.3) is 5.89 Å². The van der Waals surface area contributed by atoms with Crippen LogP contribution in [0.5, 0.6) is 0 Å². The van der Waals surface area contributed by atoms with E-state index in [2.05, 4.69) is 10.1 Å². The van der Waals surface area contributed by atoms with Crippen molar-refractivity contribution in [2.45, 2.75) is 12.3 Å². The van der Waals surface area contributed by atoms with E-state index in [1.807, 2.05) is 43.3 Å². The van der Waals surface area contributed by atoms with Gasteiger partial charge in [-0.3, -0.25) is 4.79 Å². The highest BCUT2D eigenvalue weighted by Gasteiger charge is 2.34. The topological polar surface area (TPSA) is 62.5 Å². The number of nitrogens with zero attached hydrogens (tertiary/aromatic N) is 4. The smallest absolute Gasteiger partial charge is 0.258 e. The van der Waals surface area contributed by atoms with Gasteiger partial charge in [0.2, 0.25) is 5.91 Å². The molecule has 27 heavy (non-hydrogen) atoms. The molecular weight excluding hydrogens is 347 g/mol. The Balaban J connectivity index is 1.54. The molecule has 0 radical (unpaired) electrons. The highest BCUT2D eigenvalue weighted by molar-refractivity contribution is 5.96. The van der Waals surface area contributed by atoms with Gasteiger partial charge in [0, 0.05) is 49.9 Å². The van der Waals surface area contributed by atoms with Gasteiger partial charge in [0.15, 0.2) is 5.82 Å². The van der Waals surface area contributed by atoms with E-state index >= 15 is 0 Å². The van der Waals surface area contributed by atoms with Gasteiger partial charge in [0.1, 0.15) is 5.82 Å². The molecule has 1 fully saturated rings. The molecule has 0 spiro atoms. The normalized spacial score (nSPS) is 16.8. The standard InChI is InChI=1S/C20H19FN4O2/c1-24(2)17-5-3-4-13(10-17)20-22-19(23-27-20)14-11-18(26)25(12-14)16-8-6-15(21)7-9-16/h3-10,14H,11-12H2,1-2H3/t14-/m0/s1. The van der Waals surface area contributed by atoms with Crippen LogP contribution in [0.15, 0.2) is 53.1 Å². The number of carbonyl (C=O) groups excluding carboxylic acids is 1. The fourth-order valence-corrected chi connectivity index (χ4v) is 3.19. The Morgan fingerprint density at radius 1 is 1.19 bits per heavy atom. The fraction of sp³-hybridized carbons (Fsp3) is 0.250. The minimum Gasteiger partial charge on any atom is -0.378 e. The molecule has 1 aliphatic heterocycles. The minimum absolute atomic E-state index is 0.0347. The van der Waals surface area contributed by atoms with E-state index in [1.165, 1.54) is 12.1 Å². The maximum atomic E-state index is 13.1. The second kappa shape index (κ2) is 6.83. The largest absolute Gasteiger partial charge is 0.378 e. The number of halogens is 1. The first-order valence-corrected chi connectivity index (χ1v) is 8.68. The van der Waals surface area contributed by atoms with Gasteiger partial charge in [0.05, 0.1) is 0 Å². The van der Waals surface area contributed by atoms with Crippen LogP contribution >= 0.6 is 0 Å². The van der Waals surface area contributed by atoms with E-state index in [4.69, 9.17) is 4.52 Å². The number of carbonyl (C=O) groups is 1. The summed E-state index contributed by atoms with van der Waals surface area (Å²) in [5, 5.41) is 4.09. The number of hydrogen-bond donors (Lipinski definition) is 0. The van der Waals surface area contributed by atoms with Crippen molar-refractivity contribution in [2.24, 2.45) is 0 Å². The lowest BCUT2D eigenvalue weighted by Crippen LogP contribution is -2.24. The van der Waals surface area contributed by atoms with E-state index in [9.17, 15) is 9.18 Å². The molecule has 1 atom stereocenters. The number of aromatic nitrogens is 2. The SMILES string of the molecule is CN(C)c1cccc(-c2nc([C@H]3CC(=O)N(c4ccc(F)cc4)C3)no2)c1. The molecule has 1 saturated heterocycles. The summed E-state index contributed by atoms with van der Waals surface area (Å²) in [6.07, 6.45) is 0.300. The molecule has 1 amide bonds. The zero-order chi connectivity index (χ0) is 19.0. The summed E-state index contributed by atoms with van der Waals surface area (Å²) in [5.41, 5.74) is 2.54. The van der Waals surface area contributed by atoms with Crippen molar-refractivity contribution in [3.63, 3.8) is 0 Å². The van der Waals surface area contributed by atoms with Crippen molar-refractivity contribution in [1.29, 1.82) is 0 Å². The maximum absolute atomic E-state index is 13.1. The zero-order valence-electron chi connectivity index (χ0n) is 15.1. The fourth-order valence-electron chi connectivity index (χ4n) is 3.19. The third kappa shape index (κ3) is 3.40. The quantitative estimate of drug-likeness (QED) is 0.708. The Morgan fingerprint density at radius 3 is 2.70 bits per heavy atom. The first-order chi connectivity index (χ1) is 13.0. The van der Waals surface area contributed by atoms with E-state index in [0.717, 1.165) is 11.3 Å². The van der Waals surface area contributed by atoms with Crippen LogP contribution in [0.1, 0.15) is 18.2 Å². The summed E-state index contributed by atoms with van der Waals surface area (Å²) < 4.78 is 18.5. The molecule has 3 aromatic rings. The molecule has 0 N–H and O–H groups in total. The van der Waals surface area contributed by atoms with Gasteiger partial charge < -0.3 is 14.3 Å². The van der Waals surface area contributed by atoms with Crippen LogP contribution in [0.4, 0.5) is 15.8 Å². The number of anilines is 2. The molecule has 7 heteroatoms. The van der Waals surface area contributed by atoms with Crippen LogP contribution in [0, 0.1) is 5.82 Å². The molecule has 2 aromatic carbocycles. The average Bonchev–Trinajstić information content (AvgIpc) is 3.29. The van der Waals surface area contributed by atoms with Crippen molar-refractivity contribution in [3.8, 4) is 11.5 Å². The van der Waals surface area contributed by atoms with E-state index in [-0.39, 0.29) is 17.6 Å². The number of rotatable bonds is 4. The van der Waals surface area contributed by atoms with E-state index in [0.29, 0.717) is 30.4 Å². The van der Waals surface area contributed by atoms with E-state index < -0.39 is 0 Å². The van der Waals surface area contributed by atoms with E-state index in [1.54, 1.807) is 17.0 Å². The minimum atomic E-state index is -0.329. The molecule has 138 valence electrons. The molecule has 0 bridgehead atoms. The Labute approximate surface area is 156 Å². The zero-order valence-corrected chi connectivity index (χ0v) is 15.1. The third-order valence-corrected chi connectivity index (χ3v) is 4.68. The lowest BCUT2D eigenvalue weighted by Gasteiger charge is -2.15. The molecule has 0 unspecified atom stereocenters. The molecular formula is C20H19FN4O2. The van der Waals surface area contributed by atoms with Crippen LogP contribution in [-0.4, -0.2) is 36.7 Å². The Hall–Kier alpha value is -3.22. The third-order valence-electron chi connectivity index (χ3n) is 4.68. The first kappa shape index (κ1) is 17.2. The predicted octanol–water partition coefficient (Wildman–Crippen LogP) is 3.46. The van der Waals surface area contributed by atoms with Crippen LogP contribution in [0.3, 0.4) is 0 Å². The number of benzene rings is 2. The monoisotopic (exact) mass is 366 g/mol. The van der Waals surface area contributed by atoms with Crippen molar-refractivity contribution in [3.05, 3.63) is 60.2 Å². The second-order valence-electron chi connectivity index (χ2n) is 6.78. The molecule has 1 aromatic heterocycles. The van der Waals surface area contributed by atoms with Gasteiger partial charge in [-0.05, 0) is 42.5 Å². The summed E-state index contributed by atoms with van der Waals surface area (Å²) in [6.45, 7) is 0.446. The van der Waals surface area contributed by atoms with Crippen LogP contribution < -0.4 is 9.80 Å². The Bertz CT molecular complexity index is 968. The van der Waals surface area contributed by atoms with Crippen LogP contribution in [0.2, 0.25) is 0 Å². The molecule has 2 heterocycles. The highest BCUT2D eigenvalue weighted by atomic mass is 19.1. The number of amides is 1. The summed E-state index contributed by atoms with van der Waals surface area (Å²) in [7, 11) is 3.93. The second-order valence-corrected chi connectivity index (χ2v) is 6.78. The molecule has 4 rings (SSSR count).